The van der Waals surface area contributed by atoms with E-state index in [0.717, 1.165) is 31.9 Å². The molecule has 1 heterocycles. The zero-order chi connectivity index (χ0) is 13.8. The molecule has 0 amide bonds. The number of piperidine rings is 1. The van der Waals surface area contributed by atoms with Crippen molar-refractivity contribution in [3.63, 3.8) is 0 Å². The molecular weight excluding hydrogens is 236 g/mol. The summed E-state index contributed by atoms with van der Waals surface area (Å²) in [4.78, 5) is 2.53. The zero-order valence-electron chi connectivity index (χ0n) is 12.3. The molecule has 1 aromatic rings. The first-order chi connectivity index (χ1) is 9.11. The van der Waals surface area contributed by atoms with Gasteiger partial charge in [0.05, 0.1) is 6.61 Å². The van der Waals surface area contributed by atoms with E-state index in [0.29, 0.717) is 18.0 Å². The SMILES string of the molecule is CCOc1ccc(C(C)N2CCC(N)C(C)C2)cc1. The third-order valence-electron chi connectivity index (χ3n) is 4.22. The summed E-state index contributed by atoms with van der Waals surface area (Å²) in [6.07, 6.45) is 1.10. The van der Waals surface area contributed by atoms with E-state index >= 15 is 0 Å². The molecule has 2 rings (SSSR count). The highest BCUT2D eigenvalue weighted by Crippen LogP contribution is 2.27. The second-order valence-electron chi connectivity index (χ2n) is 5.60. The first kappa shape index (κ1) is 14.4. The fraction of sp³-hybridized carbons (Fsp3) is 0.625. The third kappa shape index (κ3) is 3.48. The molecule has 19 heavy (non-hydrogen) atoms. The van der Waals surface area contributed by atoms with Crippen LogP contribution >= 0.6 is 0 Å². The van der Waals surface area contributed by atoms with Gasteiger partial charge in [-0.05, 0) is 43.9 Å². The van der Waals surface area contributed by atoms with Crippen molar-refractivity contribution < 1.29 is 4.74 Å². The van der Waals surface area contributed by atoms with E-state index < -0.39 is 0 Å². The number of hydrogen-bond donors (Lipinski definition) is 1. The Morgan fingerprint density at radius 2 is 2.05 bits per heavy atom. The molecule has 2 N–H and O–H groups in total. The van der Waals surface area contributed by atoms with Gasteiger partial charge in [0.1, 0.15) is 5.75 Å². The molecule has 1 saturated heterocycles. The summed E-state index contributed by atoms with van der Waals surface area (Å²) in [5.74, 6) is 1.53. The number of nitrogens with two attached hydrogens (primary N) is 1. The van der Waals surface area contributed by atoms with Crippen LogP contribution in [0.25, 0.3) is 0 Å². The molecule has 1 aliphatic rings. The maximum absolute atomic E-state index is 6.09. The van der Waals surface area contributed by atoms with E-state index in [1.165, 1.54) is 5.56 Å². The average Bonchev–Trinajstić information content (AvgIpc) is 2.42. The summed E-state index contributed by atoms with van der Waals surface area (Å²) in [6.45, 7) is 9.45. The smallest absolute Gasteiger partial charge is 0.119 e. The summed E-state index contributed by atoms with van der Waals surface area (Å²) in [5.41, 5.74) is 7.44. The van der Waals surface area contributed by atoms with Crippen LogP contribution in [0.3, 0.4) is 0 Å². The molecule has 0 radical (unpaired) electrons. The van der Waals surface area contributed by atoms with Crippen molar-refractivity contribution in [3.05, 3.63) is 29.8 Å². The van der Waals surface area contributed by atoms with Crippen molar-refractivity contribution in [2.45, 2.75) is 39.3 Å². The second kappa shape index (κ2) is 6.40. The summed E-state index contributed by atoms with van der Waals surface area (Å²) in [5, 5.41) is 0. The Balaban J connectivity index is 2.00. The molecule has 1 aliphatic heterocycles. The topological polar surface area (TPSA) is 38.5 Å². The minimum absolute atomic E-state index is 0.365. The fourth-order valence-corrected chi connectivity index (χ4v) is 2.77. The first-order valence-corrected chi connectivity index (χ1v) is 7.34. The Morgan fingerprint density at radius 3 is 2.63 bits per heavy atom. The molecule has 1 aromatic carbocycles. The predicted octanol–water partition coefficient (Wildman–Crippen LogP) is 2.82. The van der Waals surface area contributed by atoms with Crippen molar-refractivity contribution in [3.8, 4) is 5.75 Å². The van der Waals surface area contributed by atoms with Gasteiger partial charge in [0.15, 0.2) is 0 Å². The van der Waals surface area contributed by atoms with Gasteiger partial charge in [-0.25, -0.2) is 0 Å². The number of likely N-dealkylation sites (tertiary alicyclic amines) is 1. The minimum atomic E-state index is 0.365. The van der Waals surface area contributed by atoms with E-state index in [4.69, 9.17) is 10.5 Å². The van der Waals surface area contributed by atoms with E-state index in [9.17, 15) is 0 Å². The maximum atomic E-state index is 6.09. The molecule has 0 spiro atoms. The number of ether oxygens (including phenoxy) is 1. The van der Waals surface area contributed by atoms with Crippen LogP contribution in [-0.2, 0) is 0 Å². The number of hydrogen-bond acceptors (Lipinski definition) is 3. The van der Waals surface area contributed by atoms with E-state index in [-0.39, 0.29) is 0 Å². The van der Waals surface area contributed by atoms with Crippen LogP contribution in [0.4, 0.5) is 0 Å². The summed E-state index contributed by atoms with van der Waals surface area (Å²) in [6, 6.07) is 9.29. The quantitative estimate of drug-likeness (QED) is 0.907. The van der Waals surface area contributed by atoms with Crippen LogP contribution < -0.4 is 10.5 Å². The van der Waals surface area contributed by atoms with Crippen LogP contribution in [0.1, 0.15) is 38.8 Å². The summed E-state index contributed by atoms with van der Waals surface area (Å²) < 4.78 is 5.49. The average molecular weight is 262 g/mol. The molecule has 0 aromatic heterocycles. The van der Waals surface area contributed by atoms with Gasteiger partial charge in [-0.3, -0.25) is 4.90 Å². The van der Waals surface area contributed by atoms with Crippen LogP contribution in [0.2, 0.25) is 0 Å². The highest BCUT2D eigenvalue weighted by Gasteiger charge is 2.26. The fourth-order valence-electron chi connectivity index (χ4n) is 2.77. The Hall–Kier alpha value is -1.06. The van der Waals surface area contributed by atoms with Crippen LogP contribution in [-0.4, -0.2) is 30.6 Å². The minimum Gasteiger partial charge on any atom is -0.494 e. The van der Waals surface area contributed by atoms with Crippen molar-refractivity contribution >= 4 is 0 Å². The van der Waals surface area contributed by atoms with Gasteiger partial charge in [0.2, 0.25) is 0 Å². The zero-order valence-corrected chi connectivity index (χ0v) is 12.3. The predicted molar refractivity (Wildman–Crippen MR) is 79.4 cm³/mol. The lowest BCUT2D eigenvalue weighted by atomic mass is 9.92. The van der Waals surface area contributed by atoms with Gasteiger partial charge in [0, 0.05) is 25.2 Å². The monoisotopic (exact) mass is 262 g/mol. The lowest BCUT2D eigenvalue weighted by Crippen LogP contribution is -2.46. The molecule has 1 fully saturated rings. The van der Waals surface area contributed by atoms with Gasteiger partial charge < -0.3 is 10.5 Å². The molecule has 106 valence electrons. The Labute approximate surface area is 116 Å². The Bertz CT molecular complexity index is 390. The van der Waals surface area contributed by atoms with E-state index in [1.807, 2.05) is 6.92 Å². The van der Waals surface area contributed by atoms with Crippen molar-refractivity contribution in [2.24, 2.45) is 11.7 Å². The van der Waals surface area contributed by atoms with Crippen LogP contribution in [0.5, 0.6) is 5.75 Å². The Morgan fingerprint density at radius 1 is 1.37 bits per heavy atom. The van der Waals surface area contributed by atoms with Crippen molar-refractivity contribution in [2.75, 3.05) is 19.7 Å². The molecular formula is C16H26N2O. The van der Waals surface area contributed by atoms with Gasteiger partial charge >= 0.3 is 0 Å². The number of nitrogens with zero attached hydrogens (tertiary/aromatic N) is 1. The van der Waals surface area contributed by atoms with E-state index in [2.05, 4.69) is 43.0 Å². The summed E-state index contributed by atoms with van der Waals surface area (Å²) >= 11 is 0. The molecule has 3 heteroatoms. The number of benzene rings is 1. The van der Waals surface area contributed by atoms with Crippen LogP contribution in [0, 0.1) is 5.92 Å². The van der Waals surface area contributed by atoms with E-state index in [1.54, 1.807) is 0 Å². The standard InChI is InChI=1S/C16H26N2O/c1-4-19-15-7-5-14(6-8-15)13(3)18-10-9-16(17)12(2)11-18/h5-8,12-13,16H,4,9-11,17H2,1-3H3. The molecule has 3 unspecified atom stereocenters. The van der Waals surface area contributed by atoms with Gasteiger partial charge in [0.25, 0.3) is 0 Å². The lowest BCUT2D eigenvalue weighted by molar-refractivity contribution is 0.124. The molecule has 0 bridgehead atoms. The van der Waals surface area contributed by atoms with Gasteiger partial charge in [-0.2, -0.15) is 0 Å². The van der Waals surface area contributed by atoms with Crippen molar-refractivity contribution in [1.82, 2.24) is 4.90 Å². The van der Waals surface area contributed by atoms with Crippen LogP contribution in [0.15, 0.2) is 24.3 Å². The lowest BCUT2D eigenvalue weighted by Gasteiger charge is -2.38. The molecule has 0 aliphatic carbocycles. The van der Waals surface area contributed by atoms with Gasteiger partial charge in [-0.1, -0.05) is 19.1 Å². The second-order valence-corrected chi connectivity index (χ2v) is 5.60. The van der Waals surface area contributed by atoms with Crippen molar-refractivity contribution in [1.29, 1.82) is 0 Å². The highest BCUT2D eigenvalue weighted by molar-refractivity contribution is 5.29. The third-order valence-corrected chi connectivity index (χ3v) is 4.22. The maximum Gasteiger partial charge on any atom is 0.119 e. The highest BCUT2D eigenvalue weighted by atomic mass is 16.5. The van der Waals surface area contributed by atoms with Gasteiger partial charge in [-0.15, -0.1) is 0 Å². The normalized spacial score (nSPS) is 26.1. The molecule has 0 saturated carbocycles. The largest absolute Gasteiger partial charge is 0.494 e. The molecule has 3 nitrogen and oxygen atoms in total. The number of rotatable bonds is 4. The molecule has 3 atom stereocenters. The first-order valence-electron chi connectivity index (χ1n) is 7.34. The summed E-state index contributed by atoms with van der Waals surface area (Å²) in [7, 11) is 0. The Kier molecular flexibility index (Phi) is 4.83.